The van der Waals surface area contributed by atoms with Gasteiger partial charge in [0.05, 0.1) is 12.6 Å². The molecule has 0 bridgehead atoms. The molecule has 0 radical (unpaired) electrons. The molecule has 2 aliphatic rings. The summed E-state index contributed by atoms with van der Waals surface area (Å²) in [6.07, 6.45) is 10.0. The molecule has 2 rings (SSSR count). The van der Waals surface area contributed by atoms with E-state index in [4.69, 9.17) is 4.74 Å². The van der Waals surface area contributed by atoms with Gasteiger partial charge in [0.2, 0.25) is 0 Å². The van der Waals surface area contributed by atoms with E-state index in [1.54, 1.807) is 0 Å². The molecule has 0 aromatic heterocycles. The smallest absolute Gasteiger partial charge is 0.110 e. The van der Waals surface area contributed by atoms with E-state index in [0.717, 1.165) is 19.6 Å². The van der Waals surface area contributed by atoms with E-state index < -0.39 is 0 Å². The van der Waals surface area contributed by atoms with E-state index in [-0.39, 0.29) is 0 Å². The van der Waals surface area contributed by atoms with Crippen molar-refractivity contribution in [3.8, 4) is 0 Å². The Balaban J connectivity index is 2.06. The Morgan fingerprint density at radius 3 is 2.75 bits per heavy atom. The summed E-state index contributed by atoms with van der Waals surface area (Å²) in [6.45, 7) is 6.64. The first-order valence-corrected chi connectivity index (χ1v) is 6.82. The summed E-state index contributed by atoms with van der Waals surface area (Å²) < 4.78 is 5.79. The highest BCUT2D eigenvalue weighted by Gasteiger charge is 2.39. The van der Waals surface area contributed by atoms with Crippen LogP contribution in [0, 0.1) is 5.41 Å². The van der Waals surface area contributed by atoms with E-state index in [1.165, 1.54) is 37.9 Å². The highest BCUT2D eigenvalue weighted by atomic mass is 16.5. The second-order valence-corrected chi connectivity index (χ2v) is 5.49. The van der Waals surface area contributed by atoms with Gasteiger partial charge in [-0.15, -0.1) is 0 Å². The van der Waals surface area contributed by atoms with Crippen molar-refractivity contribution in [3.05, 3.63) is 11.8 Å². The first-order chi connectivity index (χ1) is 7.76. The normalized spacial score (nSPS) is 25.2. The van der Waals surface area contributed by atoms with Crippen LogP contribution in [-0.2, 0) is 4.74 Å². The zero-order valence-electron chi connectivity index (χ0n) is 10.7. The van der Waals surface area contributed by atoms with Gasteiger partial charge in [0.1, 0.15) is 5.76 Å². The highest BCUT2D eigenvalue weighted by molar-refractivity contribution is 5.13. The van der Waals surface area contributed by atoms with E-state index in [1.807, 2.05) is 0 Å². The molecule has 1 fully saturated rings. The Morgan fingerprint density at radius 1 is 1.44 bits per heavy atom. The average Bonchev–Trinajstić information content (AvgIpc) is 2.91. The van der Waals surface area contributed by atoms with Gasteiger partial charge in [-0.2, -0.15) is 0 Å². The zero-order chi connectivity index (χ0) is 11.4. The largest absolute Gasteiger partial charge is 0.496 e. The Bertz CT molecular complexity index is 253. The van der Waals surface area contributed by atoms with Crippen molar-refractivity contribution in [3.63, 3.8) is 0 Å². The average molecular weight is 223 g/mol. The molecule has 1 unspecified atom stereocenters. The lowest BCUT2D eigenvalue weighted by molar-refractivity contribution is 0.150. The topological polar surface area (TPSA) is 21.3 Å². The van der Waals surface area contributed by atoms with Gasteiger partial charge >= 0.3 is 0 Å². The Hall–Kier alpha value is -0.500. The molecule has 0 saturated heterocycles. The quantitative estimate of drug-likeness (QED) is 0.772. The van der Waals surface area contributed by atoms with Gasteiger partial charge in [-0.3, -0.25) is 0 Å². The minimum Gasteiger partial charge on any atom is -0.496 e. The molecular formula is C14H25NO. The molecular weight excluding hydrogens is 198 g/mol. The van der Waals surface area contributed by atoms with Crippen molar-refractivity contribution in [2.75, 3.05) is 13.2 Å². The molecule has 1 atom stereocenters. The molecule has 1 aliphatic carbocycles. The number of hydrogen-bond donors (Lipinski definition) is 1. The van der Waals surface area contributed by atoms with Crippen molar-refractivity contribution in [2.24, 2.45) is 5.41 Å². The number of ether oxygens (including phenoxy) is 1. The summed E-state index contributed by atoms with van der Waals surface area (Å²) in [5.74, 6) is 1.22. The number of rotatable bonds is 5. The van der Waals surface area contributed by atoms with Crippen molar-refractivity contribution in [1.29, 1.82) is 0 Å². The van der Waals surface area contributed by atoms with Gasteiger partial charge in [-0.25, -0.2) is 0 Å². The number of nitrogens with one attached hydrogen (secondary N) is 1. The molecule has 2 heteroatoms. The lowest BCUT2D eigenvalue weighted by Gasteiger charge is -2.35. The first kappa shape index (κ1) is 12.0. The van der Waals surface area contributed by atoms with E-state index >= 15 is 0 Å². The third kappa shape index (κ3) is 2.42. The Morgan fingerprint density at radius 2 is 2.19 bits per heavy atom. The fourth-order valence-corrected chi connectivity index (χ4v) is 3.09. The summed E-state index contributed by atoms with van der Waals surface area (Å²) in [5, 5.41) is 3.70. The van der Waals surface area contributed by atoms with Crippen molar-refractivity contribution < 1.29 is 4.74 Å². The highest BCUT2D eigenvalue weighted by Crippen LogP contribution is 2.43. The molecule has 1 aliphatic heterocycles. The van der Waals surface area contributed by atoms with Crippen LogP contribution in [0.2, 0.25) is 0 Å². The monoisotopic (exact) mass is 223 g/mol. The van der Waals surface area contributed by atoms with Crippen LogP contribution in [0.5, 0.6) is 0 Å². The van der Waals surface area contributed by atoms with Gasteiger partial charge in [0.15, 0.2) is 0 Å². The first-order valence-electron chi connectivity index (χ1n) is 6.82. The maximum Gasteiger partial charge on any atom is 0.110 e. The fourth-order valence-electron chi connectivity index (χ4n) is 3.09. The molecule has 1 N–H and O–H groups in total. The molecule has 92 valence electrons. The predicted molar refractivity (Wildman–Crippen MR) is 67.3 cm³/mol. The minimum absolute atomic E-state index is 0.422. The van der Waals surface area contributed by atoms with Crippen molar-refractivity contribution in [1.82, 2.24) is 5.32 Å². The van der Waals surface area contributed by atoms with Gasteiger partial charge in [0, 0.05) is 6.42 Å². The maximum absolute atomic E-state index is 5.79. The van der Waals surface area contributed by atoms with Crippen LogP contribution in [0.25, 0.3) is 0 Å². The third-order valence-corrected chi connectivity index (χ3v) is 4.06. The minimum atomic E-state index is 0.422. The molecule has 0 aromatic carbocycles. The van der Waals surface area contributed by atoms with Gasteiger partial charge < -0.3 is 10.1 Å². The summed E-state index contributed by atoms with van der Waals surface area (Å²) in [5.41, 5.74) is 0.422. The maximum atomic E-state index is 5.79. The zero-order valence-corrected chi connectivity index (χ0v) is 10.7. The van der Waals surface area contributed by atoms with Gasteiger partial charge in [-0.1, -0.05) is 26.7 Å². The number of hydrogen-bond acceptors (Lipinski definition) is 2. The van der Waals surface area contributed by atoms with Crippen LogP contribution in [0.1, 0.15) is 52.4 Å². The van der Waals surface area contributed by atoms with Crippen LogP contribution in [-0.4, -0.2) is 19.2 Å². The Labute approximate surface area is 99.4 Å². The van der Waals surface area contributed by atoms with Crippen molar-refractivity contribution >= 4 is 0 Å². The lowest BCUT2D eigenvalue weighted by atomic mass is 9.79. The van der Waals surface area contributed by atoms with E-state index in [0.29, 0.717) is 11.5 Å². The molecule has 0 aromatic rings. The van der Waals surface area contributed by atoms with E-state index in [9.17, 15) is 0 Å². The summed E-state index contributed by atoms with van der Waals surface area (Å²) in [7, 11) is 0. The van der Waals surface area contributed by atoms with Crippen LogP contribution < -0.4 is 5.32 Å². The fraction of sp³-hybridized carbons (Fsp3) is 0.857. The summed E-state index contributed by atoms with van der Waals surface area (Å²) in [4.78, 5) is 0. The van der Waals surface area contributed by atoms with Crippen molar-refractivity contribution in [2.45, 2.75) is 58.4 Å². The lowest BCUT2D eigenvalue weighted by Crippen LogP contribution is -2.44. The SMILES string of the molecule is CCCNC(C1=CCCO1)C1(C)CCCC1. The van der Waals surface area contributed by atoms with E-state index in [2.05, 4.69) is 25.2 Å². The van der Waals surface area contributed by atoms with Gasteiger partial charge in [-0.05, 0) is 37.3 Å². The molecule has 0 amide bonds. The third-order valence-electron chi connectivity index (χ3n) is 4.06. The predicted octanol–water partition coefficient (Wildman–Crippen LogP) is 3.24. The second-order valence-electron chi connectivity index (χ2n) is 5.49. The van der Waals surface area contributed by atoms with Crippen LogP contribution in [0.4, 0.5) is 0 Å². The summed E-state index contributed by atoms with van der Waals surface area (Å²) in [6, 6.07) is 0.456. The Kier molecular flexibility index (Phi) is 3.91. The molecule has 0 spiro atoms. The van der Waals surface area contributed by atoms with Crippen LogP contribution in [0.3, 0.4) is 0 Å². The second kappa shape index (κ2) is 5.22. The standard InChI is InChI=1S/C14H25NO/c1-3-10-15-13(12-7-6-11-16-12)14(2)8-4-5-9-14/h7,13,15H,3-6,8-11H2,1-2H3. The van der Waals surface area contributed by atoms with Crippen LogP contribution in [0.15, 0.2) is 11.8 Å². The molecule has 2 nitrogen and oxygen atoms in total. The van der Waals surface area contributed by atoms with Crippen LogP contribution >= 0.6 is 0 Å². The molecule has 1 saturated carbocycles. The van der Waals surface area contributed by atoms with Gasteiger partial charge in [0.25, 0.3) is 0 Å². The molecule has 16 heavy (non-hydrogen) atoms. The molecule has 1 heterocycles. The summed E-state index contributed by atoms with van der Waals surface area (Å²) >= 11 is 0.